The molecule has 142 valence electrons. The molecule has 1 heterocycles. The van der Waals surface area contributed by atoms with Crippen LogP contribution in [0.5, 0.6) is 5.75 Å². The number of aromatic hydroxyl groups is 1. The van der Waals surface area contributed by atoms with Crippen molar-refractivity contribution in [2.75, 3.05) is 6.61 Å². The average molecular weight is 396 g/mol. The van der Waals surface area contributed by atoms with Crippen molar-refractivity contribution in [3.05, 3.63) is 81.0 Å². The van der Waals surface area contributed by atoms with E-state index in [2.05, 4.69) is 5.32 Å². The maximum Gasteiger partial charge on any atom is 0.336 e. The Morgan fingerprint density at radius 2 is 1.93 bits per heavy atom. The molecule has 1 atom stereocenters. The molecule has 4 rings (SSSR count). The molecule has 5 nitrogen and oxygen atoms in total. The Morgan fingerprint density at radius 3 is 2.61 bits per heavy atom. The Bertz CT molecular complexity index is 1080. The summed E-state index contributed by atoms with van der Waals surface area (Å²) in [4.78, 5) is 26.0. The van der Waals surface area contributed by atoms with Crippen LogP contribution in [0, 0.1) is 0 Å². The SMILES string of the molecule is CCOC(=O)C1=C(C)NC2=C(C(=O)c3ccccc32)[C@H]1c1ccc(O)c(Cl)c1. The molecule has 1 aliphatic heterocycles. The van der Waals surface area contributed by atoms with Gasteiger partial charge in [-0.25, -0.2) is 4.79 Å². The van der Waals surface area contributed by atoms with Crippen molar-refractivity contribution in [3.8, 4) is 5.75 Å². The van der Waals surface area contributed by atoms with Gasteiger partial charge in [0, 0.05) is 28.3 Å². The molecule has 28 heavy (non-hydrogen) atoms. The molecule has 2 aromatic carbocycles. The van der Waals surface area contributed by atoms with E-state index in [-0.39, 0.29) is 23.2 Å². The van der Waals surface area contributed by atoms with Gasteiger partial charge in [-0.2, -0.15) is 0 Å². The van der Waals surface area contributed by atoms with E-state index < -0.39 is 11.9 Å². The van der Waals surface area contributed by atoms with Gasteiger partial charge in [0.1, 0.15) is 5.75 Å². The number of phenolic OH excluding ortho intramolecular Hbond substituents is 1. The third kappa shape index (κ3) is 2.70. The second kappa shape index (κ2) is 6.84. The van der Waals surface area contributed by atoms with E-state index >= 15 is 0 Å². The first-order valence-corrected chi connectivity index (χ1v) is 9.33. The number of allylic oxidation sites excluding steroid dienone is 2. The normalized spacial score (nSPS) is 18.0. The average Bonchev–Trinajstić information content (AvgIpc) is 2.95. The van der Waals surface area contributed by atoms with E-state index in [9.17, 15) is 14.7 Å². The van der Waals surface area contributed by atoms with Gasteiger partial charge >= 0.3 is 5.97 Å². The Morgan fingerprint density at radius 1 is 1.21 bits per heavy atom. The lowest BCUT2D eigenvalue weighted by molar-refractivity contribution is -0.138. The summed E-state index contributed by atoms with van der Waals surface area (Å²) in [7, 11) is 0. The van der Waals surface area contributed by atoms with Crippen molar-refractivity contribution in [1.82, 2.24) is 5.32 Å². The predicted molar refractivity (Wildman–Crippen MR) is 106 cm³/mol. The van der Waals surface area contributed by atoms with Crippen LogP contribution in [0.3, 0.4) is 0 Å². The minimum atomic E-state index is -0.645. The number of phenols is 1. The number of rotatable bonds is 3. The fourth-order valence-corrected chi connectivity index (χ4v) is 4.03. The maximum absolute atomic E-state index is 13.2. The number of hydrogen-bond acceptors (Lipinski definition) is 5. The van der Waals surface area contributed by atoms with Crippen molar-refractivity contribution in [2.24, 2.45) is 0 Å². The molecule has 0 unspecified atom stereocenters. The van der Waals surface area contributed by atoms with Gasteiger partial charge in [-0.15, -0.1) is 0 Å². The quantitative estimate of drug-likeness (QED) is 0.762. The van der Waals surface area contributed by atoms with Crippen LogP contribution in [0.15, 0.2) is 59.3 Å². The Hall–Kier alpha value is -3.05. The summed E-state index contributed by atoms with van der Waals surface area (Å²) in [5.41, 5.74) is 4.20. The summed E-state index contributed by atoms with van der Waals surface area (Å²) in [6.45, 7) is 3.74. The summed E-state index contributed by atoms with van der Waals surface area (Å²) in [5, 5.41) is 13.2. The Labute approximate surface area is 167 Å². The van der Waals surface area contributed by atoms with Gasteiger partial charge in [0.05, 0.1) is 22.9 Å². The molecule has 6 heteroatoms. The third-order valence-electron chi connectivity index (χ3n) is 5.05. The van der Waals surface area contributed by atoms with Gasteiger partial charge in [0.2, 0.25) is 0 Å². The van der Waals surface area contributed by atoms with Crippen molar-refractivity contribution < 1.29 is 19.4 Å². The van der Waals surface area contributed by atoms with E-state index in [0.29, 0.717) is 33.7 Å². The van der Waals surface area contributed by atoms with E-state index in [4.69, 9.17) is 16.3 Å². The molecule has 1 aliphatic carbocycles. The minimum Gasteiger partial charge on any atom is -0.506 e. The van der Waals surface area contributed by atoms with Crippen LogP contribution >= 0.6 is 11.6 Å². The number of esters is 1. The van der Waals surface area contributed by atoms with Crippen molar-refractivity contribution in [1.29, 1.82) is 0 Å². The number of hydrogen-bond donors (Lipinski definition) is 2. The molecular weight excluding hydrogens is 378 g/mol. The van der Waals surface area contributed by atoms with Crippen LogP contribution < -0.4 is 5.32 Å². The molecule has 0 fully saturated rings. The molecule has 0 aromatic heterocycles. The number of dihydropyridines is 1. The molecule has 2 aliphatic rings. The van der Waals surface area contributed by atoms with Gasteiger partial charge in [0.25, 0.3) is 0 Å². The first-order valence-electron chi connectivity index (χ1n) is 8.95. The lowest BCUT2D eigenvalue weighted by atomic mass is 9.80. The van der Waals surface area contributed by atoms with Gasteiger partial charge in [-0.1, -0.05) is 41.9 Å². The van der Waals surface area contributed by atoms with E-state index in [0.717, 1.165) is 5.56 Å². The van der Waals surface area contributed by atoms with E-state index in [1.807, 2.05) is 18.2 Å². The van der Waals surface area contributed by atoms with Crippen LogP contribution in [0.4, 0.5) is 0 Å². The van der Waals surface area contributed by atoms with Crippen LogP contribution in [-0.4, -0.2) is 23.5 Å². The first-order chi connectivity index (χ1) is 13.4. The first kappa shape index (κ1) is 18.3. The minimum absolute atomic E-state index is 0.0621. The third-order valence-corrected chi connectivity index (χ3v) is 5.35. The van der Waals surface area contributed by atoms with Gasteiger partial charge < -0.3 is 15.2 Å². The number of benzene rings is 2. The van der Waals surface area contributed by atoms with Crippen LogP contribution in [0.2, 0.25) is 5.02 Å². The largest absolute Gasteiger partial charge is 0.506 e. The fourth-order valence-electron chi connectivity index (χ4n) is 3.84. The topological polar surface area (TPSA) is 75.6 Å². The highest BCUT2D eigenvalue weighted by Gasteiger charge is 2.42. The van der Waals surface area contributed by atoms with Crippen LogP contribution in [0.1, 0.15) is 41.3 Å². The summed E-state index contributed by atoms with van der Waals surface area (Å²) in [6.07, 6.45) is 0. The molecule has 0 bridgehead atoms. The Kier molecular flexibility index (Phi) is 4.47. The van der Waals surface area contributed by atoms with E-state index in [1.54, 1.807) is 32.0 Å². The summed E-state index contributed by atoms with van der Waals surface area (Å²) in [6, 6.07) is 12.1. The van der Waals surface area contributed by atoms with Gasteiger partial charge in [-0.05, 0) is 31.5 Å². The molecular formula is C22H18ClNO4. The zero-order valence-corrected chi connectivity index (χ0v) is 16.1. The number of nitrogens with one attached hydrogen (secondary N) is 1. The summed E-state index contributed by atoms with van der Waals surface area (Å²) < 4.78 is 5.27. The molecule has 2 aromatic rings. The number of ether oxygens (including phenoxy) is 1. The lowest BCUT2D eigenvalue weighted by Gasteiger charge is -2.29. The fraction of sp³-hybridized carbons (Fsp3) is 0.182. The highest BCUT2D eigenvalue weighted by atomic mass is 35.5. The molecule has 0 amide bonds. The predicted octanol–water partition coefficient (Wildman–Crippen LogP) is 4.18. The highest BCUT2D eigenvalue weighted by Crippen LogP contribution is 2.47. The Balaban J connectivity index is 1.94. The van der Waals surface area contributed by atoms with Crippen LogP contribution in [-0.2, 0) is 9.53 Å². The molecule has 2 N–H and O–H groups in total. The highest BCUT2D eigenvalue weighted by molar-refractivity contribution is 6.32. The number of ketones is 1. The number of carbonyl (C=O) groups is 2. The number of fused-ring (bicyclic) bond motifs is 2. The molecule has 0 saturated heterocycles. The maximum atomic E-state index is 13.2. The lowest BCUT2D eigenvalue weighted by Crippen LogP contribution is -2.29. The zero-order chi connectivity index (χ0) is 20.0. The van der Waals surface area contributed by atoms with E-state index in [1.165, 1.54) is 6.07 Å². The monoisotopic (exact) mass is 395 g/mol. The van der Waals surface area contributed by atoms with Gasteiger partial charge in [0.15, 0.2) is 5.78 Å². The number of halogens is 1. The zero-order valence-electron chi connectivity index (χ0n) is 15.4. The molecule has 0 radical (unpaired) electrons. The van der Waals surface area contributed by atoms with Crippen molar-refractivity contribution >= 4 is 29.1 Å². The molecule has 0 saturated carbocycles. The standard InChI is InChI=1S/C22H18ClNO4/c1-3-28-22(27)17-11(2)24-20-13-6-4-5-7-14(13)21(26)19(20)18(17)12-8-9-16(25)15(23)10-12/h4-10,18,24-25H,3H2,1-2H3/t18-/m0/s1. The second-order valence-corrected chi connectivity index (χ2v) is 7.10. The summed E-state index contributed by atoms with van der Waals surface area (Å²) in [5.74, 6) is -1.33. The van der Waals surface area contributed by atoms with Crippen LogP contribution in [0.25, 0.3) is 5.70 Å². The summed E-state index contributed by atoms with van der Waals surface area (Å²) >= 11 is 6.13. The van der Waals surface area contributed by atoms with Crippen molar-refractivity contribution in [2.45, 2.75) is 19.8 Å². The second-order valence-electron chi connectivity index (χ2n) is 6.69. The van der Waals surface area contributed by atoms with Crippen molar-refractivity contribution in [3.63, 3.8) is 0 Å². The molecule has 0 spiro atoms. The number of carbonyl (C=O) groups excluding carboxylic acids is 2. The number of Topliss-reactive ketones (excluding diaryl/α,β-unsaturated/α-hetero) is 1. The van der Waals surface area contributed by atoms with Gasteiger partial charge in [-0.3, -0.25) is 4.79 Å². The smallest absolute Gasteiger partial charge is 0.336 e.